The average molecular weight is 382 g/mol. The number of carboxylic acids is 1. The van der Waals surface area contributed by atoms with Crippen LogP contribution in [0.4, 0.5) is 0 Å². The third kappa shape index (κ3) is 15.7. The first kappa shape index (κ1) is 26.0. The highest BCUT2D eigenvalue weighted by molar-refractivity contribution is 5.86. The minimum atomic E-state index is -0.796. The number of hydrogen-bond acceptors (Lipinski definition) is 2. The van der Waals surface area contributed by atoms with Crippen LogP contribution >= 0.6 is 0 Å². The number of hydrogen-bond donors (Lipinski definition) is 1. The van der Waals surface area contributed by atoms with Crippen LogP contribution in [0.15, 0.2) is 11.3 Å². The van der Waals surface area contributed by atoms with Crippen molar-refractivity contribution < 1.29 is 9.90 Å². The van der Waals surface area contributed by atoms with Gasteiger partial charge in [0, 0.05) is 19.8 Å². The van der Waals surface area contributed by atoms with Gasteiger partial charge in [0.1, 0.15) is 0 Å². The first-order valence-electron chi connectivity index (χ1n) is 11.6. The lowest BCUT2D eigenvalue weighted by Crippen LogP contribution is -2.16. The number of carboxylic acid groups (broad SMARTS) is 1. The highest BCUT2D eigenvalue weighted by Gasteiger charge is 2.10. The fourth-order valence-electron chi connectivity index (χ4n) is 3.71. The third-order valence-corrected chi connectivity index (χ3v) is 5.56. The summed E-state index contributed by atoms with van der Waals surface area (Å²) in [5.74, 6) is -0.796. The molecular formula is C24H47NO2. The summed E-state index contributed by atoms with van der Waals surface area (Å²) in [4.78, 5) is 13.1. The summed E-state index contributed by atoms with van der Waals surface area (Å²) < 4.78 is 0. The van der Waals surface area contributed by atoms with Crippen LogP contribution in [0.5, 0.6) is 0 Å². The van der Waals surface area contributed by atoms with Gasteiger partial charge in [-0.05, 0) is 19.8 Å². The van der Waals surface area contributed by atoms with Crippen LogP contribution in [0.3, 0.4) is 0 Å². The monoisotopic (exact) mass is 381 g/mol. The summed E-state index contributed by atoms with van der Waals surface area (Å²) in [5, 5.41) is 9.15. The molecule has 0 aliphatic heterocycles. The Kier molecular flexibility index (Phi) is 17.7. The number of nitrogens with zero attached hydrogens (tertiary/aromatic N) is 1. The summed E-state index contributed by atoms with van der Waals surface area (Å²) in [6.45, 7) is 3.99. The van der Waals surface area contributed by atoms with Gasteiger partial charge in [-0.3, -0.25) is 0 Å². The van der Waals surface area contributed by atoms with Gasteiger partial charge in [0.2, 0.25) is 0 Å². The summed E-state index contributed by atoms with van der Waals surface area (Å²) in [6, 6.07) is 0. The Labute approximate surface area is 169 Å². The Morgan fingerprint density at radius 3 is 1.30 bits per heavy atom. The predicted octanol–water partition coefficient (Wildman–Crippen LogP) is 7.56. The molecule has 0 atom stereocenters. The Morgan fingerprint density at radius 1 is 0.667 bits per heavy atom. The van der Waals surface area contributed by atoms with E-state index in [1.165, 1.54) is 96.3 Å². The van der Waals surface area contributed by atoms with Crippen LogP contribution in [0.1, 0.15) is 123 Å². The molecule has 0 aliphatic carbocycles. The molecule has 0 amide bonds. The topological polar surface area (TPSA) is 40.5 Å². The smallest absolute Gasteiger partial charge is 0.333 e. The summed E-state index contributed by atoms with van der Waals surface area (Å²) in [6.07, 6.45) is 22.7. The quantitative estimate of drug-likeness (QED) is 0.185. The van der Waals surface area contributed by atoms with Crippen molar-refractivity contribution in [3.63, 3.8) is 0 Å². The Bertz CT molecular complexity index is 388. The predicted molar refractivity (Wildman–Crippen MR) is 118 cm³/mol. The molecule has 3 nitrogen and oxygen atoms in total. The minimum absolute atomic E-state index is 0.487. The molecule has 0 unspecified atom stereocenters. The van der Waals surface area contributed by atoms with Crippen LogP contribution in [0, 0.1) is 0 Å². The number of carbonyl (C=O) groups is 1. The number of unbranched alkanes of at least 4 members (excludes halogenated alkanes) is 15. The molecule has 1 N–H and O–H groups in total. The van der Waals surface area contributed by atoms with E-state index in [1.54, 1.807) is 6.92 Å². The van der Waals surface area contributed by atoms with Gasteiger partial charge in [0.15, 0.2) is 0 Å². The summed E-state index contributed by atoms with van der Waals surface area (Å²) in [7, 11) is 3.88. The van der Waals surface area contributed by atoms with E-state index >= 15 is 0 Å². The lowest BCUT2D eigenvalue weighted by atomic mass is 10.0. The van der Waals surface area contributed by atoms with Gasteiger partial charge >= 0.3 is 5.97 Å². The van der Waals surface area contributed by atoms with E-state index < -0.39 is 5.97 Å². The number of rotatable bonds is 19. The number of allylic oxidation sites excluding steroid dienone is 1. The van der Waals surface area contributed by atoms with E-state index in [4.69, 9.17) is 5.11 Å². The van der Waals surface area contributed by atoms with Crippen molar-refractivity contribution in [1.29, 1.82) is 0 Å². The van der Waals surface area contributed by atoms with E-state index in [0.29, 0.717) is 5.57 Å². The zero-order valence-electron chi connectivity index (χ0n) is 18.8. The third-order valence-electron chi connectivity index (χ3n) is 5.56. The van der Waals surface area contributed by atoms with Crippen molar-refractivity contribution >= 4 is 5.97 Å². The maximum atomic E-state index is 11.1. The van der Waals surface area contributed by atoms with E-state index in [2.05, 4.69) is 6.92 Å². The molecule has 0 fully saturated rings. The molecule has 0 saturated carbocycles. The molecular weight excluding hydrogens is 334 g/mol. The molecule has 0 aliphatic rings. The van der Waals surface area contributed by atoms with Gasteiger partial charge in [0.25, 0.3) is 0 Å². The van der Waals surface area contributed by atoms with Gasteiger partial charge in [-0.1, -0.05) is 103 Å². The molecule has 3 heteroatoms. The Morgan fingerprint density at radius 2 is 1.00 bits per heavy atom. The SMILES string of the molecule is CCCCCCCCCCCCCCCCCCC(=C(C)C(=O)O)N(C)C. The van der Waals surface area contributed by atoms with Crippen LogP contribution < -0.4 is 0 Å². The second-order valence-electron chi connectivity index (χ2n) is 8.32. The van der Waals surface area contributed by atoms with Gasteiger partial charge in [0.05, 0.1) is 5.57 Å². The van der Waals surface area contributed by atoms with Crippen molar-refractivity contribution in [3.05, 3.63) is 11.3 Å². The molecule has 0 aromatic heterocycles. The highest BCUT2D eigenvalue weighted by Crippen LogP contribution is 2.18. The van der Waals surface area contributed by atoms with Gasteiger partial charge in [-0.2, -0.15) is 0 Å². The van der Waals surface area contributed by atoms with Crippen LogP contribution in [0.25, 0.3) is 0 Å². The van der Waals surface area contributed by atoms with E-state index in [-0.39, 0.29) is 0 Å². The first-order chi connectivity index (χ1) is 13.0. The van der Waals surface area contributed by atoms with Crippen LogP contribution in [0.2, 0.25) is 0 Å². The van der Waals surface area contributed by atoms with Crippen molar-refractivity contribution in [3.8, 4) is 0 Å². The molecule has 0 aromatic rings. The van der Waals surface area contributed by atoms with Crippen molar-refractivity contribution in [1.82, 2.24) is 4.90 Å². The molecule has 0 radical (unpaired) electrons. The van der Waals surface area contributed by atoms with Crippen molar-refractivity contribution in [2.24, 2.45) is 0 Å². The van der Waals surface area contributed by atoms with E-state index in [9.17, 15) is 4.79 Å². The Balaban J connectivity index is 3.43. The highest BCUT2D eigenvalue weighted by atomic mass is 16.4. The lowest BCUT2D eigenvalue weighted by Gasteiger charge is -2.19. The Hall–Kier alpha value is -0.990. The standard InChI is InChI=1S/C24H47NO2/c1-5-6-7-8-9-10-11-12-13-14-15-16-17-18-19-20-21-23(25(3)4)22(2)24(26)27/h5-21H2,1-4H3,(H,26,27). The molecule has 0 rings (SSSR count). The maximum Gasteiger partial charge on any atom is 0.333 e. The maximum absolute atomic E-state index is 11.1. The molecule has 0 spiro atoms. The average Bonchev–Trinajstić information content (AvgIpc) is 2.63. The second-order valence-corrected chi connectivity index (χ2v) is 8.32. The molecule has 160 valence electrons. The number of aliphatic carboxylic acids is 1. The molecule has 0 heterocycles. The van der Waals surface area contributed by atoms with Crippen LogP contribution in [-0.4, -0.2) is 30.1 Å². The second kappa shape index (κ2) is 18.4. The first-order valence-corrected chi connectivity index (χ1v) is 11.6. The van der Waals surface area contributed by atoms with E-state index in [0.717, 1.165) is 18.5 Å². The van der Waals surface area contributed by atoms with Gasteiger partial charge in [-0.15, -0.1) is 0 Å². The lowest BCUT2D eigenvalue weighted by molar-refractivity contribution is -0.132. The normalized spacial score (nSPS) is 12.1. The van der Waals surface area contributed by atoms with Gasteiger partial charge in [-0.25, -0.2) is 4.79 Å². The van der Waals surface area contributed by atoms with Gasteiger partial charge < -0.3 is 10.0 Å². The zero-order valence-corrected chi connectivity index (χ0v) is 18.8. The molecule has 0 saturated heterocycles. The van der Waals surface area contributed by atoms with Crippen molar-refractivity contribution in [2.45, 2.75) is 123 Å². The molecule has 0 bridgehead atoms. The summed E-state index contributed by atoms with van der Waals surface area (Å²) >= 11 is 0. The molecule has 0 aromatic carbocycles. The fourth-order valence-corrected chi connectivity index (χ4v) is 3.71. The zero-order chi connectivity index (χ0) is 20.3. The van der Waals surface area contributed by atoms with Crippen LogP contribution in [-0.2, 0) is 4.79 Å². The fraction of sp³-hybridized carbons (Fsp3) is 0.875. The minimum Gasteiger partial charge on any atom is -0.478 e. The largest absolute Gasteiger partial charge is 0.478 e. The molecule has 27 heavy (non-hydrogen) atoms. The van der Waals surface area contributed by atoms with Crippen molar-refractivity contribution in [2.75, 3.05) is 14.1 Å². The summed E-state index contributed by atoms with van der Waals surface area (Å²) in [5.41, 5.74) is 1.45. The van der Waals surface area contributed by atoms with E-state index in [1.807, 2.05) is 19.0 Å².